The first kappa shape index (κ1) is 18.5. The van der Waals surface area contributed by atoms with Crippen LogP contribution in [0, 0.1) is 6.92 Å². The molecule has 0 spiro atoms. The molecule has 9 heteroatoms. The Balaban J connectivity index is 2.77. The molecule has 1 atom stereocenters. The predicted octanol–water partition coefficient (Wildman–Crippen LogP) is 0.213. The van der Waals surface area contributed by atoms with Crippen LogP contribution >= 0.6 is 0 Å². The number of H-pyrrole nitrogens is 1. The number of aryl methyl sites for hydroxylation is 2. The average molecular weight is 327 g/mol. The molecule has 9 nitrogen and oxygen atoms in total. The molecular formula is C14H21N3O6. The normalized spacial score (nSPS) is 12.5. The van der Waals surface area contributed by atoms with Gasteiger partial charge in [0.15, 0.2) is 0 Å². The van der Waals surface area contributed by atoms with Crippen LogP contribution in [-0.2, 0) is 16.1 Å². The topological polar surface area (TPSA) is 130 Å². The van der Waals surface area contributed by atoms with Crippen LogP contribution in [0.4, 0.5) is 4.79 Å². The second kappa shape index (κ2) is 7.12. The summed E-state index contributed by atoms with van der Waals surface area (Å²) in [6, 6.07) is -1.22. The lowest BCUT2D eigenvalue weighted by molar-refractivity contribution is -0.139. The number of alkyl carbamates (subject to hydrolysis) is 1. The zero-order valence-electron chi connectivity index (χ0n) is 13.5. The summed E-state index contributed by atoms with van der Waals surface area (Å²) in [7, 11) is 0. The minimum atomic E-state index is -1.25. The van der Waals surface area contributed by atoms with Gasteiger partial charge in [0.05, 0.1) is 0 Å². The van der Waals surface area contributed by atoms with Gasteiger partial charge < -0.3 is 19.7 Å². The molecule has 0 radical (unpaired) electrons. The first-order valence-corrected chi connectivity index (χ1v) is 7.02. The van der Waals surface area contributed by atoms with Crippen molar-refractivity contribution >= 4 is 12.1 Å². The predicted molar refractivity (Wildman–Crippen MR) is 81.5 cm³/mol. The van der Waals surface area contributed by atoms with Crippen LogP contribution < -0.4 is 16.6 Å². The molecule has 0 aliphatic carbocycles. The summed E-state index contributed by atoms with van der Waals surface area (Å²) in [6.07, 6.45) is 0.447. The number of nitrogens with one attached hydrogen (secondary N) is 2. The van der Waals surface area contributed by atoms with E-state index < -0.39 is 35.0 Å². The molecule has 1 heterocycles. The van der Waals surface area contributed by atoms with E-state index in [0.29, 0.717) is 5.56 Å². The van der Waals surface area contributed by atoms with E-state index >= 15 is 0 Å². The number of hydrogen-bond acceptors (Lipinski definition) is 5. The van der Waals surface area contributed by atoms with E-state index in [0.717, 1.165) is 0 Å². The Hall–Kier alpha value is -2.58. The zero-order valence-corrected chi connectivity index (χ0v) is 13.5. The standard InChI is InChI=1S/C14H21N3O6/c1-8-7-17(12(21)16-10(8)18)6-5-9(11(19)20)15-13(22)23-14(2,3)4/h7,9H,5-6H2,1-4H3,(H,15,22)(H,19,20)(H,16,18,21)/t9-/m0/s1. The fourth-order valence-electron chi connectivity index (χ4n) is 1.76. The molecule has 128 valence electrons. The molecule has 1 amide bonds. The molecule has 0 saturated carbocycles. The molecule has 1 rings (SSSR count). The van der Waals surface area contributed by atoms with E-state index in [-0.39, 0.29) is 13.0 Å². The van der Waals surface area contributed by atoms with Crippen LogP contribution in [-0.4, -0.2) is 38.4 Å². The third kappa shape index (κ3) is 5.97. The third-order valence-electron chi connectivity index (χ3n) is 2.84. The lowest BCUT2D eigenvalue weighted by atomic mass is 10.2. The number of aliphatic carboxylic acids is 1. The highest BCUT2D eigenvalue weighted by atomic mass is 16.6. The molecule has 1 aromatic heterocycles. The number of amides is 1. The van der Waals surface area contributed by atoms with Crippen molar-refractivity contribution in [3.63, 3.8) is 0 Å². The van der Waals surface area contributed by atoms with Crippen LogP contribution in [0.1, 0.15) is 32.8 Å². The van der Waals surface area contributed by atoms with Gasteiger partial charge in [-0.15, -0.1) is 0 Å². The highest BCUT2D eigenvalue weighted by Crippen LogP contribution is 2.07. The second-order valence-corrected chi connectivity index (χ2v) is 6.09. The Morgan fingerprint density at radius 3 is 2.52 bits per heavy atom. The fraction of sp³-hybridized carbons (Fsp3) is 0.571. The quantitative estimate of drug-likeness (QED) is 0.709. The summed E-state index contributed by atoms with van der Waals surface area (Å²) < 4.78 is 6.18. The minimum Gasteiger partial charge on any atom is -0.480 e. The summed E-state index contributed by atoms with van der Waals surface area (Å²) in [4.78, 5) is 47.9. The van der Waals surface area contributed by atoms with Crippen molar-refractivity contribution in [1.82, 2.24) is 14.9 Å². The monoisotopic (exact) mass is 327 g/mol. The number of carboxylic acids is 1. The van der Waals surface area contributed by atoms with Crippen LogP contribution in [0.3, 0.4) is 0 Å². The number of nitrogens with zero attached hydrogens (tertiary/aromatic N) is 1. The largest absolute Gasteiger partial charge is 0.480 e. The smallest absolute Gasteiger partial charge is 0.408 e. The van der Waals surface area contributed by atoms with Gasteiger partial charge in [-0.3, -0.25) is 9.78 Å². The molecule has 0 saturated heterocycles. The lowest BCUT2D eigenvalue weighted by Crippen LogP contribution is -2.44. The third-order valence-corrected chi connectivity index (χ3v) is 2.84. The van der Waals surface area contributed by atoms with Gasteiger partial charge in [0.1, 0.15) is 11.6 Å². The van der Waals surface area contributed by atoms with E-state index in [1.807, 2.05) is 0 Å². The fourth-order valence-corrected chi connectivity index (χ4v) is 1.76. The van der Waals surface area contributed by atoms with Gasteiger partial charge in [-0.25, -0.2) is 14.4 Å². The maximum Gasteiger partial charge on any atom is 0.408 e. The summed E-state index contributed by atoms with van der Waals surface area (Å²) in [5.41, 5.74) is -1.55. The SMILES string of the molecule is Cc1cn(CC[C@H](NC(=O)OC(C)(C)C)C(=O)O)c(=O)[nH]c1=O. The number of ether oxygens (including phenoxy) is 1. The number of carbonyl (C=O) groups is 2. The lowest BCUT2D eigenvalue weighted by Gasteiger charge is -2.22. The van der Waals surface area contributed by atoms with Crippen LogP contribution in [0.25, 0.3) is 0 Å². The van der Waals surface area contributed by atoms with Crippen molar-refractivity contribution in [3.05, 3.63) is 32.6 Å². The molecular weight excluding hydrogens is 306 g/mol. The van der Waals surface area contributed by atoms with Crippen molar-refractivity contribution in [1.29, 1.82) is 0 Å². The minimum absolute atomic E-state index is 0.0171. The van der Waals surface area contributed by atoms with Gasteiger partial charge in [0, 0.05) is 18.3 Å². The van der Waals surface area contributed by atoms with Gasteiger partial charge in [-0.2, -0.15) is 0 Å². The highest BCUT2D eigenvalue weighted by molar-refractivity contribution is 5.79. The van der Waals surface area contributed by atoms with Gasteiger partial charge in [-0.05, 0) is 34.1 Å². The van der Waals surface area contributed by atoms with Gasteiger partial charge >= 0.3 is 17.8 Å². The summed E-state index contributed by atoms with van der Waals surface area (Å²) in [5.74, 6) is -1.25. The van der Waals surface area contributed by atoms with E-state index in [1.54, 1.807) is 20.8 Å². The van der Waals surface area contributed by atoms with Gasteiger partial charge in [0.25, 0.3) is 5.56 Å². The van der Waals surface area contributed by atoms with Crippen molar-refractivity contribution in [3.8, 4) is 0 Å². The first-order chi connectivity index (χ1) is 10.5. The molecule has 0 unspecified atom stereocenters. The number of carbonyl (C=O) groups excluding carboxylic acids is 1. The summed E-state index contributed by atoms with van der Waals surface area (Å²) in [6.45, 7) is 6.52. The Morgan fingerprint density at radius 1 is 1.39 bits per heavy atom. The Labute approximate surface area is 132 Å². The van der Waals surface area contributed by atoms with Crippen molar-refractivity contribution in [2.45, 2.75) is 52.3 Å². The molecule has 23 heavy (non-hydrogen) atoms. The van der Waals surface area contributed by atoms with Crippen LogP contribution in [0.5, 0.6) is 0 Å². The zero-order chi connectivity index (χ0) is 17.8. The number of aromatic amines is 1. The number of hydrogen-bond donors (Lipinski definition) is 3. The maximum absolute atomic E-state index is 11.6. The summed E-state index contributed by atoms with van der Waals surface area (Å²) in [5, 5.41) is 11.4. The molecule has 0 aliphatic heterocycles. The van der Waals surface area contributed by atoms with E-state index in [1.165, 1.54) is 17.7 Å². The first-order valence-electron chi connectivity index (χ1n) is 7.02. The Morgan fingerprint density at radius 2 is 2.00 bits per heavy atom. The molecule has 0 fully saturated rings. The highest BCUT2D eigenvalue weighted by Gasteiger charge is 2.23. The van der Waals surface area contributed by atoms with Gasteiger partial charge in [0.2, 0.25) is 0 Å². The van der Waals surface area contributed by atoms with E-state index in [2.05, 4.69) is 10.3 Å². The number of aromatic nitrogens is 2. The Bertz CT molecular complexity index is 698. The van der Waals surface area contributed by atoms with E-state index in [9.17, 15) is 19.2 Å². The molecule has 0 aliphatic rings. The molecule has 0 aromatic carbocycles. The maximum atomic E-state index is 11.6. The van der Waals surface area contributed by atoms with Crippen molar-refractivity contribution in [2.24, 2.45) is 0 Å². The Kier molecular flexibility index (Phi) is 5.72. The molecule has 0 bridgehead atoms. The average Bonchev–Trinajstić information content (AvgIpc) is 2.37. The molecule has 3 N–H and O–H groups in total. The number of carboxylic acid groups (broad SMARTS) is 1. The number of rotatable bonds is 5. The summed E-state index contributed by atoms with van der Waals surface area (Å²) >= 11 is 0. The van der Waals surface area contributed by atoms with Gasteiger partial charge in [-0.1, -0.05) is 0 Å². The van der Waals surface area contributed by atoms with Crippen molar-refractivity contribution < 1.29 is 19.4 Å². The van der Waals surface area contributed by atoms with E-state index in [4.69, 9.17) is 9.84 Å². The van der Waals surface area contributed by atoms with Crippen LogP contribution in [0.15, 0.2) is 15.8 Å². The second-order valence-electron chi connectivity index (χ2n) is 6.09. The van der Waals surface area contributed by atoms with Crippen molar-refractivity contribution in [2.75, 3.05) is 0 Å². The molecule has 1 aromatic rings. The van der Waals surface area contributed by atoms with Crippen LogP contribution in [0.2, 0.25) is 0 Å².